The highest BCUT2D eigenvalue weighted by molar-refractivity contribution is 5.94. The van der Waals surface area contributed by atoms with Crippen molar-refractivity contribution in [3.8, 4) is 5.69 Å². The number of aromatic nitrogens is 1. The van der Waals surface area contributed by atoms with Gasteiger partial charge in [0.25, 0.3) is 5.91 Å². The van der Waals surface area contributed by atoms with Crippen LogP contribution in [0.3, 0.4) is 0 Å². The van der Waals surface area contributed by atoms with Gasteiger partial charge in [-0.05, 0) is 50.2 Å². The predicted octanol–water partition coefficient (Wildman–Crippen LogP) is 1.83. The van der Waals surface area contributed by atoms with Crippen LogP contribution in [0.15, 0.2) is 36.4 Å². The molecule has 0 aliphatic rings. The molecule has 0 radical (unpaired) electrons. The molecular weight excluding hydrogens is 280 g/mol. The van der Waals surface area contributed by atoms with Crippen LogP contribution in [0.4, 0.5) is 0 Å². The second kappa shape index (κ2) is 7.24. The van der Waals surface area contributed by atoms with Crippen LogP contribution in [0.2, 0.25) is 0 Å². The third kappa shape index (κ3) is 3.75. The van der Waals surface area contributed by atoms with Crippen molar-refractivity contribution in [2.24, 2.45) is 0 Å². The summed E-state index contributed by atoms with van der Waals surface area (Å²) in [7, 11) is 1.51. The molecule has 0 spiro atoms. The van der Waals surface area contributed by atoms with Crippen LogP contribution in [-0.2, 0) is 4.74 Å². The summed E-state index contributed by atoms with van der Waals surface area (Å²) < 4.78 is 6.95. The smallest absolute Gasteiger partial charge is 0.251 e. The molecule has 118 valence electrons. The van der Waals surface area contributed by atoms with Crippen molar-refractivity contribution >= 4 is 5.91 Å². The minimum Gasteiger partial charge on any atom is -0.389 e. The first-order valence-corrected chi connectivity index (χ1v) is 7.23. The molecule has 0 fully saturated rings. The highest BCUT2D eigenvalue weighted by Gasteiger charge is 2.10. The molecule has 5 nitrogen and oxygen atoms in total. The first kappa shape index (κ1) is 16.3. The maximum atomic E-state index is 12.0. The minimum atomic E-state index is -0.696. The summed E-state index contributed by atoms with van der Waals surface area (Å²) in [6.07, 6.45) is -0.696. The number of carbonyl (C=O) groups excluding carboxylic acids is 1. The van der Waals surface area contributed by atoms with E-state index in [0.29, 0.717) is 5.56 Å². The number of nitrogens with one attached hydrogen (secondary N) is 1. The van der Waals surface area contributed by atoms with Gasteiger partial charge in [0.15, 0.2) is 0 Å². The van der Waals surface area contributed by atoms with Gasteiger partial charge in [0.05, 0.1) is 12.7 Å². The molecule has 2 rings (SSSR count). The second-order valence-corrected chi connectivity index (χ2v) is 5.32. The molecule has 0 bridgehead atoms. The molecule has 1 heterocycles. The van der Waals surface area contributed by atoms with Gasteiger partial charge in [-0.1, -0.05) is 0 Å². The average Bonchev–Trinajstić information content (AvgIpc) is 2.84. The highest BCUT2D eigenvalue weighted by atomic mass is 16.5. The van der Waals surface area contributed by atoms with Crippen LogP contribution in [0.5, 0.6) is 0 Å². The van der Waals surface area contributed by atoms with Crippen molar-refractivity contribution in [1.29, 1.82) is 0 Å². The lowest BCUT2D eigenvalue weighted by molar-refractivity contribution is 0.0610. The van der Waals surface area contributed by atoms with E-state index in [2.05, 4.69) is 22.0 Å². The van der Waals surface area contributed by atoms with Gasteiger partial charge in [-0.15, -0.1) is 0 Å². The number of aliphatic hydroxyl groups is 1. The van der Waals surface area contributed by atoms with Gasteiger partial charge in [0.2, 0.25) is 0 Å². The number of aryl methyl sites for hydroxylation is 2. The summed E-state index contributed by atoms with van der Waals surface area (Å²) in [6.45, 7) is 4.46. The summed E-state index contributed by atoms with van der Waals surface area (Å²) in [5.74, 6) is -0.206. The van der Waals surface area contributed by atoms with Gasteiger partial charge in [-0.25, -0.2) is 0 Å². The normalized spacial score (nSPS) is 12.2. The lowest BCUT2D eigenvalue weighted by Gasteiger charge is -2.12. The molecule has 0 saturated carbocycles. The van der Waals surface area contributed by atoms with Gasteiger partial charge >= 0.3 is 0 Å². The molecule has 0 saturated heterocycles. The van der Waals surface area contributed by atoms with E-state index in [9.17, 15) is 9.90 Å². The van der Waals surface area contributed by atoms with E-state index in [1.165, 1.54) is 7.11 Å². The van der Waals surface area contributed by atoms with Crippen LogP contribution in [-0.4, -0.2) is 41.9 Å². The quantitative estimate of drug-likeness (QED) is 0.856. The second-order valence-electron chi connectivity index (χ2n) is 5.32. The number of nitrogens with zero attached hydrogens (tertiary/aromatic N) is 1. The van der Waals surface area contributed by atoms with Crippen molar-refractivity contribution < 1.29 is 14.6 Å². The molecule has 0 aliphatic carbocycles. The van der Waals surface area contributed by atoms with Crippen LogP contribution >= 0.6 is 0 Å². The summed E-state index contributed by atoms with van der Waals surface area (Å²) in [5, 5.41) is 12.2. The van der Waals surface area contributed by atoms with Gasteiger partial charge in [0, 0.05) is 36.3 Å². The van der Waals surface area contributed by atoms with Gasteiger partial charge in [0.1, 0.15) is 0 Å². The number of ether oxygens (including phenoxy) is 1. The van der Waals surface area contributed by atoms with Crippen LogP contribution < -0.4 is 5.32 Å². The van der Waals surface area contributed by atoms with Crippen molar-refractivity contribution in [2.75, 3.05) is 20.3 Å². The third-order valence-electron chi connectivity index (χ3n) is 3.52. The highest BCUT2D eigenvalue weighted by Crippen LogP contribution is 2.16. The Bertz CT molecular complexity index is 612. The SMILES string of the molecule is COCC(O)CNC(=O)c1ccc(-n2c(C)ccc2C)cc1. The van der Waals surface area contributed by atoms with Crippen LogP contribution in [0.25, 0.3) is 5.69 Å². The van der Waals surface area contributed by atoms with E-state index in [1.807, 2.05) is 26.0 Å². The van der Waals surface area contributed by atoms with Crippen LogP contribution in [0.1, 0.15) is 21.7 Å². The minimum absolute atomic E-state index is 0.171. The average molecular weight is 302 g/mol. The maximum absolute atomic E-state index is 12.0. The molecule has 5 heteroatoms. The van der Waals surface area contributed by atoms with E-state index < -0.39 is 6.10 Å². The van der Waals surface area contributed by atoms with Gasteiger partial charge in [-0.2, -0.15) is 0 Å². The molecule has 1 unspecified atom stereocenters. The number of amides is 1. The molecule has 2 N–H and O–H groups in total. The van der Waals surface area contributed by atoms with E-state index >= 15 is 0 Å². The first-order valence-electron chi connectivity index (χ1n) is 7.23. The topological polar surface area (TPSA) is 63.5 Å². The van der Waals surface area contributed by atoms with Gasteiger partial charge < -0.3 is 19.7 Å². The number of hydrogen-bond acceptors (Lipinski definition) is 3. The molecule has 0 aliphatic heterocycles. The molecule has 1 aromatic carbocycles. The Morgan fingerprint density at radius 3 is 2.32 bits per heavy atom. The predicted molar refractivity (Wildman–Crippen MR) is 85.5 cm³/mol. The molecular formula is C17H22N2O3. The van der Waals surface area contributed by atoms with E-state index in [1.54, 1.807) is 12.1 Å². The Labute approximate surface area is 130 Å². The van der Waals surface area contributed by atoms with Gasteiger partial charge in [-0.3, -0.25) is 4.79 Å². The van der Waals surface area contributed by atoms with E-state index in [0.717, 1.165) is 17.1 Å². The van der Waals surface area contributed by atoms with E-state index in [4.69, 9.17) is 4.74 Å². The number of aliphatic hydroxyl groups excluding tert-OH is 1. The Kier molecular flexibility index (Phi) is 5.35. The molecule has 1 amide bonds. The van der Waals surface area contributed by atoms with Crippen molar-refractivity contribution in [3.63, 3.8) is 0 Å². The zero-order valence-electron chi connectivity index (χ0n) is 13.2. The monoisotopic (exact) mass is 302 g/mol. The number of methoxy groups -OCH3 is 1. The fraction of sp³-hybridized carbons (Fsp3) is 0.353. The summed E-state index contributed by atoms with van der Waals surface area (Å²) in [4.78, 5) is 12.0. The zero-order chi connectivity index (χ0) is 16.1. The van der Waals surface area contributed by atoms with Crippen molar-refractivity contribution in [2.45, 2.75) is 20.0 Å². The van der Waals surface area contributed by atoms with Crippen LogP contribution in [0, 0.1) is 13.8 Å². The fourth-order valence-electron chi connectivity index (χ4n) is 2.40. The third-order valence-corrected chi connectivity index (χ3v) is 3.52. The Balaban J connectivity index is 2.04. The number of hydrogen-bond donors (Lipinski definition) is 2. The van der Waals surface area contributed by atoms with E-state index in [-0.39, 0.29) is 19.1 Å². The molecule has 2 aromatic rings. The van der Waals surface area contributed by atoms with Crippen molar-refractivity contribution in [1.82, 2.24) is 9.88 Å². The number of rotatable bonds is 6. The lowest BCUT2D eigenvalue weighted by Crippen LogP contribution is -2.34. The molecule has 1 aromatic heterocycles. The molecule has 1 atom stereocenters. The summed E-state index contributed by atoms with van der Waals surface area (Å²) in [6, 6.07) is 11.5. The fourth-order valence-corrected chi connectivity index (χ4v) is 2.40. The molecule has 22 heavy (non-hydrogen) atoms. The van der Waals surface area contributed by atoms with Crippen molar-refractivity contribution in [3.05, 3.63) is 53.3 Å². The summed E-state index contributed by atoms with van der Waals surface area (Å²) in [5.41, 5.74) is 3.89. The lowest BCUT2D eigenvalue weighted by atomic mass is 10.2. The number of benzene rings is 1. The Morgan fingerprint density at radius 1 is 1.18 bits per heavy atom. The Hall–Kier alpha value is -2.11. The standard InChI is InChI=1S/C17H22N2O3/c1-12-4-5-13(2)19(12)15-8-6-14(7-9-15)17(21)18-10-16(20)11-22-3/h4-9,16,20H,10-11H2,1-3H3,(H,18,21). The zero-order valence-corrected chi connectivity index (χ0v) is 13.2. The largest absolute Gasteiger partial charge is 0.389 e. The maximum Gasteiger partial charge on any atom is 0.251 e. The first-order chi connectivity index (χ1) is 10.5. The number of carbonyl (C=O) groups is 1. The Morgan fingerprint density at radius 2 is 1.77 bits per heavy atom. The summed E-state index contributed by atoms with van der Waals surface area (Å²) >= 11 is 0.